The van der Waals surface area contributed by atoms with Crippen molar-refractivity contribution < 1.29 is 4.79 Å². The number of hydrogen-bond donors (Lipinski definition) is 1. The lowest BCUT2D eigenvalue weighted by molar-refractivity contribution is -0.115. The molecule has 0 amide bonds. The molecule has 0 spiro atoms. The first-order valence-corrected chi connectivity index (χ1v) is 5.42. The van der Waals surface area contributed by atoms with Gasteiger partial charge in [-0.05, 0) is 30.5 Å². The number of allylic oxidation sites excluding steroid dienone is 1. The molecule has 1 aromatic heterocycles. The molecule has 1 heterocycles. The fourth-order valence-electron chi connectivity index (χ4n) is 1.80. The van der Waals surface area contributed by atoms with Crippen LogP contribution in [-0.2, 0) is 11.2 Å². The van der Waals surface area contributed by atoms with E-state index in [0.29, 0.717) is 12.0 Å². The summed E-state index contributed by atoms with van der Waals surface area (Å²) in [6, 6.07) is 8.13. The van der Waals surface area contributed by atoms with Crippen molar-refractivity contribution in [3.05, 3.63) is 48.2 Å². The average Bonchev–Trinajstić information content (AvgIpc) is 2.69. The lowest BCUT2D eigenvalue weighted by atomic mass is 10.0. The Bertz CT molecular complexity index is 536. The molecule has 0 unspecified atom stereocenters. The summed E-state index contributed by atoms with van der Waals surface area (Å²) < 4.78 is 0. The van der Waals surface area contributed by atoms with Crippen molar-refractivity contribution in [2.45, 2.75) is 19.8 Å². The van der Waals surface area contributed by atoms with Crippen LogP contribution in [0.2, 0.25) is 0 Å². The summed E-state index contributed by atoms with van der Waals surface area (Å²) in [5.41, 5.74) is 2.96. The molecule has 0 radical (unpaired) electrons. The number of rotatable bonds is 4. The molecule has 2 nitrogen and oxygen atoms in total. The Kier molecular flexibility index (Phi) is 2.91. The number of Topliss-reactive ketones (excluding diaryl/α,β-unsaturated/α-hetero) is 1. The van der Waals surface area contributed by atoms with Gasteiger partial charge in [-0.3, -0.25) is 4.79 Å². The minimum Gasteiger partial charge on any atom is -0.361 e. The lowest BCUT2D eigenvalue weighted by Gasteiger charge is -1.99. The largest absolute Gasteiger partial charge is 0.361 e. The predicted octanol–water partition coefficient (Wildman–Crippen LogP) is 3.25. The Morgan fingerprint density at radius 2 is 2.12 bits per heavy atom. The molecule has 0 saturated carbocycles. The molecule has 0 bridgehead atoms. The normalized spacial score (nSPS) is 10.6. The number of aromatic amines is 1. The number of aromatic nitrogens is 1. The van der Waals surface area contributed by atoms with Crippen LogP contribution in [-0.4, -0.2) is 10.8 Å². The quantitative estimate of drug-likeness (QED) is 0.777. The van der Waals surface area contributed by atoms with Crippen LogP contribution in [0.15, 0.2) is 42.6 Å². The fraction of sp³-hybridized carbons (Fsp3) is 0.214. The van der Waals surface area contributed by atoms with Gasteiger partial charge in [-0.15, -0.1) is 0 Å². The number of benzene rings is 1. The Hall–Kier alpha value is -1.83. The second-order valence-electron chi connectivity index (χ2n) is 4.06. The highest BCUT2D eigenvalue weighted by atomic mass is 16.1. The molecule has 0 aliphatic heterocycles. The fourth-order valence-corrected chi connectivity index (χ4v) is 1.80. The number of ketones is 1. The Balaban J connectivity index is 2.16. The number of nitrogens with one attached hydrogen (secondary N) is 1. The van der Waals surface area contributed by atoms with E-state index in [1.54, 1.807) is 6.92 Å². The van der Waals surface area contributed by atoms with Gasteiger partial charge >= 0.3 is 0 Å². The van der Waals surface area contributed by atoms with Crippen LogP contribution in [0.3, 0.4) is 0 Å². The van der Waals surface area contributed by atoms with Crippen LogP contribution in [0.4, 0.5) is 0 Å². The molecule has 0 aliphatic carbocycles. The molecule has 1 N–H and O–H groups in total. The van der Waals surface area contributed by atoms with Gasteiger partial charge in [-0.25, -0.2) is 0 Å². The van der Waals surface area contributed by atoms with E-state index in [-0.39, 0.29) is 5.78 Å². The van der Waals surface area contributed by atoms with E-state index in [9.17, 15) is 4.79 Å². The zero-order chi connectivity index (χ0) is 11.5. The van der Waals surface area contributed by atoms with Gasteiger partial charge in [0.2, 0.25) is 0 Å². The first kappa shape index (κ1) is 10.7. The van der Waals surface area contributed by atoms with E-state index in [0.717, 1.165) is 11.9 Å². The summed E-state index contributed by atoms with van der Waals surface area (Å²) >= 11 is 0. The van der Waals surface area contributed by atoms with Crippen molar-refractivity contribution in [1.29, 1.82) is 0 Å². The van der Waals surface area contributed by atoms with E-state index in [1.165, 1.54) is 10.9 Å². The smallest absolute Gasteiger partial charge is 0.158 e. The number of carbonyl (C=O) groups excluding carboxylic acids is 1. The maximum atomic E-state index is 11.5. The maximum absolute atomic E-state index is 11.5. The van der Waals surface area contributed by atoms with Gasteiger partial charge in [-0.2, -0.15) is 0 Å². The predicted molar refractivity (Wildman–Crippen MR) is 66.4 cm³/mol. The Morgan fingerprint density at radius 1 is 1.38 bits per heavy atom. The van der Waals surface area contributed by atoms with E-state index < -0.39 is 0 Å². The molecular weight excluding hydrogens is 198 g/mol. The number of carbonyl (C=O) groups is 1. The Morgan fingerprint density at radius 3 is 2.88 bits per heavy atom. The zero-order valence-electron chi connectivity index (χ0n) is 9.42. The molecule has 0 atom stereocenters. The van der Waals surface area contributed by atoms with Gasteiger partial charge in [0.25, 0.3) is 0 Å². The number of H-pyrrole nitrogens is 1. The third-order valence-corrected chi connectivity index (χ3v) is 2.77. The Labute approximate surface area is 95.0 Å². The third kappa shape index (κ3) is 2.06. The topological polar surface area (TPSA) is 32.9 Å². The highest BCUT2D eigenvalue weighted by molar-refractivity contribution is 5.94. The summed E-state index contributed by atoms with van der Waals surface area (Å²) in [5, 5.41) is 1.21. The molecule has 0 aliphatic rings. The van der Waals surface area contributed by atoms with Crippen molar-refractivity contribution in [2.24, 2.45) is 0 Å². The van der Waals surface area contributed by atoms with E-state index >= 15 is 0 Å². The first-order valence-electron chi connectivity index (χ1n) is 5.42. The van der Waals surface area contributed by atoms with Crippen LogP contribution in [0.25, 0.3) is 10.9 Å². The maximum Gasteiger partial charge on any atom is 0.158 e. The molecule has 2 aromatic rings. The van der Waals surface area contributed by atoms with Crippen molar-refractivity contribution in [2.75, 3.05) is 0 Å². The van der Waals surface area contributed by atoms with Gasteiger partial charge < -0.3 is 4.98 Å². The van der Waals surface area contributed by atoms with Crippen LogP contribution in [0.1, 0.15) is 18.9 Å². The summed E-state index contributed by atoms with van der Waals surface area (Å²) in [6.07, 6.45) is 3.29. The number of para-hydroxylation sites is 1. The number of fused-ring (bicyclic) bond motifs is 1. The molecule has 1 aromatic carbocycles. The first-order chi connectivity index (χ1) is 7.68. The van der Waals surface area contributed by atoms with Gasteiger partial charge in [0.05, 0.1) is 0 Å². The summed E-state index contributed by atoms with van der Waals surface area (Å²) in [7, 11) is 0. The zero-order valence-corrected chi connectivity index (χ0v) is 9.42. The van der Waals surface area contributed by atoms with Crippen LogP contribution in [0, 0.1) is 0 Å². The number of aryl methyl sites for hydroxylation is 1. The minimum absolute atomic E-state index is 0.144. The second-order valence-corrected chi connectivity index (χ2v) is 4.06. The second kappa shape index (κ2) is 4.35. The van der Waals surface area contributed by atoms with Crippen LogP contribution >= 0.6 is 0 Å². The summed E-state index contributed by atoms with van der Waals surface area (Å²) in [4.78, 5) is 14.7. The summed E-state index contributed by atoms with van der Waals surface area (Å²) in [5.74, 6) is 0.144. The number of hydrogen-bond acceptors (Lipinski definition) is 1. The molecule has 2 rings (SSSR count). The van der Waals surface area contributed by atoms with Crippen LogP contribution < -0.4 is 0 Å². The van der Waals surface area contributed by atoms with Crippen molar-refractivity contribution in [1.82, 2.24) is 4.98 Å². The van der Waals surface area contributed by atoms with E-state index in [1.807, 2.05) is 24.4 Å². The average molecular weight is 213 g/mol. The standard InChI is InChI=1S/C14H15NO/c1-10(2)14(16)8-7-11-9-15-13-6-4-3-5-12(11)13/h3-6,9,15H,1,7-8H2,2H3. The highest BCUT2D eigenvalue weighted by Crippen LogP contribution is 2.19. The molecule has 82 valence electrons. The van der Waals surface area contributed by atoms with E-state index in [2.05, 4.69) is 17.6 Å². The van der Waals surface area contributed by atoms with Gasteiger partial charge in [0.1, 0.15) is 0 Å². The summed E-state index contributed by atoms with van der Waals surface area (Å²) in [6.45, 7) is 5.42. The molecule has 16 heavy (non-hydrogen) atoms. The van der Waals surface area contributed by atoms with E-state index in [4.69, 9.17) is 0 Å². The van der Waals surface area contributed by atoms with Crippen LogP contribution in [0.5, 0.6) is 0 Å². The third-order valence-electron chi connectivity index (χ3n) is 2.77. The van der Waals surface area contributed by atoms with Crippen molar-refractivity contribution >= 4 is 16.7 Å². The van der Waals surface area contributed by atoms with Crippen molar-refractivity contribution in [3.8, 4) is 0 Å². The van der Waals surface area contributed by atoms with Gasteiger partial charge in [0, 0.05) is 23.5 Å². The van der Waals surface area contributed by atoms with Crippen molar-refractivity contribution in [3.63, 3.8) is 0 Å². The lowest BCUT2D eigenvalue weighted by Crippen LogP contribution is -2.00. The minimum atomic E-state index is 0.144. The van der Waals surface area contributed by atoms with Gasteiger partial charge in [-0.1, -0.05) is 24.8 Å². The molecule has 2 heteroatoms. The SMILES string of the molecule is C=C(C)C(=O)CCc1c[nH]c2ccccc12. The molecule has 0 saturated heterocycles. The molecular formula is C14H15NO. The molecule has 0 fully saturated rings. The highest BCUT2D eigenvalue weighted by Gasteiger charge is 2.06. The van der Waals surface area contributed by atoms with Gasteiger partial charge in [0.15, 0.2) is 5.78 Å². The monoisotopic (exact) mass is 213 g/mol.